The fraction of sp³-hybridized carbons (Fsp3) is 1.00. The predicted octanol–water partition coefficient (Wildman–Crippen LogP) is 2.37. The lowest BCUT2D eigenvalue weighted by Crippen LogP contribution is -2.16. The van der Waals surface area contributed by atoms with Crippen LogP contribution >= 0.6 is 0 Å². The van der Waals surface area contributed by atoms with Gasteiger partial charge in [-0.25, -0.2) is 0 Å². The Labute approximate surface area is 75.2 Å². The van der Waals surface area contributed by atoms with Crippen LogP contribution in [0.3, 0.4) is 0 Å². The highest BCUT2D eigenvalue weighted by atomic mass is 16.5. The van der Waals surface area contributed by atoms with Gasteiger partial charge >= 0.3 is 0 Å². The SMILES string of the molecule is CCCCOC[C@@H]1CC[C@@H](C)O1. The topological polar surface area (TPSA) is 18.5 Å². The highest BCUT2D eigenvalue weighted by Crippen LogP contribution is 2.18. The molecule has 1 saturated heterocycles. The summed E-state index contributed by atoms with van der Waals surface area (Å²) in [7, 11) is 0. The lowest BCUT2D eigenvalue weighted by Gasteiger charge is -2.10. The van der Waals surface area contributed by atoms with Crippen molar-refractivity contribution in [1.82, 2.24) is 0 Å². The van der Waals surface area contributed by atoms with E-state index in [2.05, 4.69) is 13.8 Å². The first-order valence-electron chi connectivity index (χ1n) is 5.06. The number of rotatable bonds is 5. The van der Waals surface area contributed by atoms with Crippen LogP contribution < -0.4 is 0 Å². The van der Waals surface area contributed by atoms with Gasteiger partial charge in [-0.05, 0) is 26.2 Å². The van der Waals surface area contributed by atoms with Gasteiger partial charge in [0.25, 0.3) is 0 Å². The quantitative estimate of drug-likeness (QED) is 0.593. The Bertz CT molecular complexity index is 114. The third kappa shape index (κ3) is 3.55. The molecule has 0 N–H and O–H groups in total. The Morgan fingerprint density at radius 3 is 2.83 bits per heavy atom. The van der Waals surface area contributed by atoms with Crippen LogP contribution in [0.1, 0.15) is 39.5 Å². The van der Waals surface area contributed by atoms with Crippen LogP contribution in [-0.4, -0.2) is 25.4 Å². The third-order valence-electron chi connectivity index (χ3n) is 2.27. The van der Waals surface area contributed by atoms with Crippen molar-refractivity contribution >= 4 is 0 Å². The zero-order valence-corrected chi connectivity index (χ0v) is 8.21. The maximum absolute atomic E-state index is 5.62. The van der Waals surface area contributed by atoms with Gasteiger partial charge in [0, 0.05) is 6.61 Å². The molecule has 0 unspecified atom stereocenters. The Morgan fingerprint density at radius 2 is 2.25 bits per heavy atom. The molecule has 0 aromatic rings. The van der Waals surface area contributed by atoms with E-state index in [1.165, 1.54) is 25.7 Å². The number of ether oxygens (including phenoxy) is 2. The van der Waals surface area contributed by atoms with Crippen LogP contribution in [-0.2, 0) is 9.47 Å². The van der Waals surface area contributed by atoms with Crippen LogP contribution in [0.15, 0.2) is 0 Å². The minimum absolute atomic E-state index is 0.372. The smallest absolute Gasteiger partial charge is 0.0813 e. The molecule has 1 rings (SSSR count). The average Bonchev–Trinajstić information content (AvgIpc) is 2.45. The molecule has 1 fully saturated rings. The highest BCUT2D eigenvalue weighted by molar-refractivity contribution is 4.69. The molecule has 2 atom stereocenters. The van der Waals surface area contributed by atoms with Gasteiger partial charge in [0.2, 0.25) is 0 Å². The first kappa shape index (κ1) is 10.0. The lowest BCUT2D eigenvalue weighted by molar-refractivity contribution is -0.00966. The van der Waals surface area contributed by atoms with Gasteiger partial charge in [-0.15, -0.1) is 0 Å². The van der Waals surface area contributed by atoms with Crippen molar-refractivity contribution in [3.8, 4) is 0 Å². The summed E-state index contributed by atoms with van der Waals surface area (Å²) in [5.41, 5.74) is 0. The lowest BCUT2D eigenvalue weighted by atomic mass is 10.2. The number of hydrogen-bond donors (Lipinski definition) is 0. The van der Waals surface area contributed by atoms with Crippen molar-refractivity contribution < 1.29 is 9.47 Å². The first-order valence-corrected chi connectivity index (χ1v) is 5.06. The molecular formula is C10H20O2. The number of unbranched alkanes of at least 4 members (excludes halogenated alkanes) is 1. The van der Waals surface area contributed by atoms with Gasteiger partial charge in [0.1, 0.15) is 0 Å². The van der Waals surface area contributed by atoms with E-state index in [0.29, 0.717) is 12.2 Å². The molecule has 1 heterocycles. The fourth-order valence-corrected chi connectivity index (χ4v) is 1.47. The third-order valence-corrected chi connectivity index (χ3v) is 2.27. The second-order valence-corrected chi connectivity index (χ2v) is 3.57. The summed E-state index contributed by atoms with van der Waals surface area (Å²) in [6.07, 6.45) is 5.57. The first-order chi connectivity index (χ1) is 5.83. The summed E-state index contributed by atoms with van der Waals surface area (Å²) in [6.45, 7) is 6.00. The standard InChI is InChI=1S/C10H20O2/c1-3-4-7-11-8-10-6-5-9(2)12-10/h9-10H,3-8H2,1-2H3/t9-,10+/m1/s1. The van der Waals surface area contributed by atoms with Crippen molar-refractivity contribution in [1.29, 1.82) is 0 Å². The Balaban J connectivity index is 1.93. The monoisotopic (exact) mass is 172 g/mol. The van der Waals surface area contributed by atoms with Crippen molar-refractivity contribution in [3.63, 3.8) is 0 Å². The summed E-state index contributed by atoms with van der Waals surface area (Å²) in [4.78, 5) is 0. The van der Waals surface area contributed by atoms with E-state index in [9.17, 15) is 0 Å². The van der Waals surface area contributed by atoms with Crippen LogP contribution in [0.2, 0.25) is 0 Å². The molecule has 0 amide bonds. The molecule has 0 spiro atoms. The molecule has 0 bridgehead atoms. The van der Waals surface area contributed by atoms with E-state index >= 15 is 0 Å². The largest absolute Gasteiger partial charge is 0.379 e. The maximum Gasteiger partial charge on any atom is 0.0813 e. The molecule has 72 valence electrons. The van der Waals surface area contributed by atoms with Gasteiger partial charge in [-0.3, -0.25) is 0 Å². The fourth-order valence-electron chi connectivity index (χ4n) is 1.47. The van der Waals surface area contributed by atoms with E-state index in [4.69, 9.17) is 9.47 Å². The summed E-state index contributed by atoms with van der Waals surface area (Å²) < 4.78 is 11.1. The second-order valence-electron chi connectivity index (χ2n) is 3.57. The molecule has 0 radical (unpaired) electrons. The normalized spacial score (nSPS) is 29.5. The summed E-state index contributed by atoms with van der Waals surface area (Å²) >= 11 is 0. The average molecular weight is 172 g/mol. The molecule has 1 aliphatic rings. The van der Waals surface area contributed by atoms with Crippen molar-refractivity contribution in [2.75, 3.05) is 13.2 Å². The van der Waals surface area contributed by atoms with E-state index in [0.717, 1.165) is 13.2 Å². The Hall–Kier alpha value is -0.0800. The van der Waals surface area contributed by atoms with Gasteiger partial charge in [-0.2, -0.15) is 0 Å². The molecule has 2 nitrogen and oxygen atoms in total. The second kappa shape index (κ2) is 5.55. The highest BCUT2D eigenvalue weighted by Gasteiger charge is 2.21. The predicted molar refractivity (Wildman–Crippen MR) is 49.3 cm³/mol. The van der Waals surface area contributed by atoms with Gasteiger partial charge in [0.15, 0.2) is 0 Å². The molecule has 2 heteroatoms. The van der Waals surface area contributed by atoms with Gasteiger partial charge < -0.3 is 9.47 Å². The van der Waals surface area contributed by atoms with E-state index in [1.54, 1.807) is 0 Å². The molecule has 0 aromatic carbocycles. The maximum atomic E-state index is 5.62. The van der Waals surface area contributed by atoms with Crippen molar-refractivity contribution in [2.24, 2.45) is 0 Å². The summed E-state index contributed by atoms with van der Waals surface area (Å²) in [5, 5.41) is 0. The summed E-state index contributed by atoms with van der Waals surface area (Å²) in [6, 6.07) is 0. The van der Waals surface area contributed by atoms with E-state index in [1.807, 2.05) is 0 Å². The summed E-state index contributed by atoms with van der Waals surface area (Å²) in [5.74, 6) is 0. The molecule has 1 aliphatic heterocycles. The molecular weight excluding hydrogens is 152 g/mol. The molecule has 0 aliphatic carbocycles. The zero-order valence-electron chi connectivity index (χ0n) is 8.21. The molecule has 0 saturated carbocycles. The minimum atomic E-state index is 0.372. The van der Waals surface area contributed by atoms with E-state index < -0.39 is 0 Å². The Morgan fingerprint density at radius 1 is 1.42 bits per heavy atom. The van der Waals surface area contributed by atoms with Crippen molar-refractivity contribution in [3.05, 3.63) is 0 Å². The number of hydrogen-bond acceptors (Lipinski definition) is 2. The van der Waals surface area contributed by atoms with Crippen LogP contribution in [0.4, 0.5) is 0 Å². The zero-order chi connectivity index (χ0) is 8.81. The van der Waals surface area contributed by atoms with Gasteiger partial charge in [-0.1, -0.05) is 13.3 Å². The van der Waals surface area contributed by atoms with Crippen LogP contribution in [0, 0.1) is 0 Å². The Kier molecular flexibility index (Phi) is 4.62. The molecule has 0 aromatic heterocycles. The van der Waals surface area contributed by atoms with E-state index in [-0.39, 0.29) is 0 Å². The van der Waals surface area contributed by atoms with Gasteiger partial charge in [0.05, 0.1) is 18.8 Å². The molecule has 12 heavy (non-hydrogen) atoms. The minimum Gasteiger partial charge on any atom is -0.379 e. The van der Waals surface area contributed by atoms with Crippen molar-refractivity contribution in [2.45, 2.75) is 51.7 Å². The van der Waals surface area contributed by atoms with Crippen LogP contribution in [0.5, 0.6) is 0 Å². The van der Waals surface area contributed by atoms with Crippen LogP contribution in [0.25, 0.3) is 0 Å².